The molecule has 0 saturated carbocycles. The molecule has 0 spiro atoms. The van der Waals surface area contributed by atoms with E-state index in [0.29, 0.717) is 21.1 Å². The summed E-state index contributed by atoms with van der Waals surface area (Å²) >= 11 is 6.49. The molecule has 2 aromatic heterocycles. The summed E-state index contributed by atoms with van der Waals surface area (Å²) in [5, 5.41) is 19.0. The minimum Gasteiger partial charge on any atom is -0.494 e. The van der Waals surface area contributed by atoms with Crippen molar-refractivity contribution in [2.45, 2.75) is 0 Å². The Bertz CT molecular complexity index is 928. The molecule has 0 aliphatic carbocycles. The second kappa shape index (κ2) is 5.16. The molecular weight excluding hydrogens is 402 g/mol. The van der Waals surface area contributed by atoms with E-state index in [0.717, 1.165) is 9.99 Å². The van der Waals surface area contributed by atoms with E-state index in [2.05, 4.69) is 41.8 Å². The van der Waals surface area contributed by atoms with Gasteiger partial charge >= 0.3 is 0 Å². The summed E-state index contributed by atoms with van der Waals surface area (Å²) in [6.07, 6.45) is 1.48. The van der Waals surface area contributed by atoms with Gasteiger partial charge in [0.2, 0.25) is 0 Å². The van der Waals surface area contributed by atoms with Crippen molar-refractivity contribution < 1.29 is 5.11 Å². The highest BCUT2D eigenvalue weighted by atomic mass is 79.9. The second-order valence-electron chi connectivity index (χ2n) is 4.47. The topological polar surface area (TPSA) is 92.7 Å². The van der Waals surface area contributed by atoms with Gasteiger partial charge < -0.3 is 15.1 Å². The van der Waals surface area contributed by atoms with Crippen molar-refractivity contribution in [3.8, 4) is 5.88 Å². The molecule has 1 aromatic carbocycles. The van der Waals surface area contributed by atoms with Gasteiger partial charge in [0, 0.05) is 27.6 Å². The van der Waals surface area contributed by atoms with E-state index in [9.17, 15) is 9.90 Å². The Hall–Kier alpha value is -1.86. The molecule has 7 heteroatoms. The third-order valence-electron chi connectivity index (χ3n) is 3.13. The van der Waals surface area contributed by atoms with Crippen molar-refractivity contribution in [3.05, 3.63) is 60.9 Å². The molecule has 106 valence electrons. The van der Waals surface area contributed by atoms with Crippen molar-refractivity contribution in [2.75, 3.05) is 0 Å². The number of H-pyrrole nitrogens is 2. The first kappa shape index (κ1) is 14.1. The minimum absolute atomic E-state index is 0.0430. The average molecular weight is 411 g/mol. The highest BCUT2D eigenvalue weighted by Gasteiger charge is 2.18. The van der Waals surface area contributed by atoms with E-state index < -0.39 is 0 Å². The van der Waals surface area contributed by atoms with Crippen LogP contribution in [0.4, 0.5) is 0 Å². The van der Waals surface area contributed by atoms with Gasteiger partial charge in [-0.1, -0.05) is 15.9 Å². The minimum atomic E-state index is -0.228. The van der Waals surface area contributed by atoms with Crippen molar-refractivity contribution in [3.63, 3.8) is 0 Å². The maximum Gasteiger partial charge on any atom is 0.199 e. The number of rotatable bonds is 2. The molecule has 5 nitrogen and oxygen atoms in total. The van der Waals surface area contributed by atoms with Crippen LogP contribution in [0, 0.1) is 5.41 Å². The molecule has 0 atom stereocenters. The van der Waals surface area contributed by atoms with Crippen LogP contribution in [-0.2, 0) is 0 Å². The van der Waals surface area contributed by atoms with E-state index in [-0.39, 0.29) is 17.0 Å². The number of fused-ring (bicyclic) bond motifs is 1. The zero-order valence-electron chi connectivity index (χ0n) is 10.5. The first-order valence-electron chi connectivity index (χ1n) is 5.95. The van der Waals surface area contributed by atoms with Gasteiger partial charge in [0.25, 0.3) is 0 Å². The maximum absolute atomic E-state index is 11.7. The molecule has 3 rings (SSSR count). The van der Waals surface area contributed by atoms with Gasteiger partial charge in [0.15, 0.2) is 11.3 Å². The van der Waals surface area contributed by atoms with Crippen LogP contribution in [0.15, 0.2) is 44.2 Å². The van der Waals surface area contributed by atoms with E-state index in [1.165, 1.54) is 12.3 Å². The fourth-order valence-electron chi connectivity index (χ4n) is 2.14. The molecule has 0 unspecified atom stereocenters. The lowest BCUT2D eigenvalue weighted by Crippen LogP contribution is -2.10. The Morgan fingerprint density at radius 3 is 2.71 bits per heavy atom. The summed E-state index contributed by atoms with van der Waals surface area (Å²) in [5.74, 6) is -0.100. The van der Waals surface area contributed by atoms with Crippen LogP contribution in [-0.4, -0.2) is 20.8 Å². The predicted molar refractivity (Wildman–Crippen MR) is 88.4 cm³/mol. The SMILES string of the molecule is N=C(c1cc(=O)c(Br)c[nH]1)c1c(O)[nH]c2ccc(Br)cc12. The summed E-state index contributed by atoms with van der Waals surface area (Å²) in [5.41, 5.74) is 1.22. The molecule has 2 heterocycles. The summed E-state index contributed by atoms with van der Waals surface area (Å²) in [4.78, 5) is 17.4. The standard InChI is InChI=1S/C14H9Br2N3O2/c15-6-1-2-9-7(3-6)12(14(21)19-9)13(17)10-4-11(20)8(16)5-18-10/h1-5,17,19,21H,(H,18,20). The predicted octanol–water partition coefficient (Wildman–Crippen LogP) is 3.50. The van der Waals surface area contributed by atoms with E-state index in [4.69, 9.17) is 5.41 Å². The highest BCUT2D eigenvalue weighted by molar-refractivity contribution is 9.10. The fraction of sp³-hybridized carbons (Fsp3) is 0. The summed E-state index contributed by atoms with van der Waals surface area (Å²) in [6.45, 7) is 0. The second-order valence-corrected chi connectivity index (χ2v) is 6.24. The molecule has 4 N–H and O–H groups in total. The van der Waals surface area contributed by atoms with Crippen molar-refractivity contribution in [1.82, 2.24) is 9.97 Å². The summed E-state index contributed by atoms with van der Waals surface area (Å²) in [6, 6.07) is 6.78. The number of hydrogen-bond donors (Lipinski definition) is 4. The molecule has 0 aliphatic heterocycles. The van der Waals surface area contributed by atoms with Gasteiger partial charge in [0.1, 0.15) is 0 Å². The molecule has 3 aromatic rings. The Morgan fingerprint density at radius 2 is 2.00 bits per heavy atom. The van der Waals surface area contributed by atoms with Crippen LogP contribution >= 0.6 is 31.9 Å². The Kier molecular flexibility index (Phi) is 3.46. The Labute approximate surface area is 135 Å². The van der Waals surface area contributed by atoms with Gasteiger partial charge in [-0.15, -0.1) is 0 Å². The molecule has 0 saturated heterocycles. The lowest BCUT2D eigenvalue weighted by atomic mass is 10.1. The van der Waals surface area contributed by atoms with Gasteiger partial charge in [-0.25, -0.2) is 0 Å². The fourth-order valence-corrected chi connectivity index (χ4v) is 2.73. The average Bonchev–Trinajstić information content (AvgIpc) is 2.76. The zero-order chi connectivity index (χ0) is 15.1. The highest BCUT2D eigenvalue weighted by Crippen LogP contribution is 2.30. The van der Waals surface area contributed by atoms with Crippen molar-refractivity contribution in [1.29, 1.82) is 5.41 Å². The molecular formula is C14H9Br2N3O2. The number of aromatic hydroxyl groups is 1. The number of halogens is 2. The first-order chi connectivity index (χ1) is 9.97. The third kappa shape index (κ3) is 2.43. The first-order valence-corrected chi connectivity index (χ1v) is 7.53. The third-order valence-corrected chi connectivity index (χ3v) is 4.24. The van der Waals surface area contributed by atoms with Gasteiger partial charge in [-0.05, 0) is 34.1 Å². The van der Waals surface area contributed by atoms with Crippen LogP contribution < -0.4 is 5.43 Å². The van der Waals surface area contributed by atoms with Gasteiger partial charge in [-0.2, -0.15) is 0 Å². The van der Waals surface area contributed by atoms with Gasteiger partial charge in [-0.3, -0.25) is 10.2 Å². The molecule has 0 bridgehead atoms. The number of hydrogen-bond acceptors (Lipinski definition) is 3. The van der Waals surface area contributed by atoms with Crippen LogP contribution in [0.25, 0.3) is 10.9 Å². The summed E-state index contributed by atoms with van der Waals surface area (Å²) in [7, 11) is 0. The van der Waals surface area contributed by atoms with Crippen LogP contribution in [0.5, 0.6) is 5.88 Å². The molecule has 0 fully saturated rings. The lowest BCUT2D eigenvalue weighted by molar-refractivity contribution is 0.457. The van der Waals surface area contributed by atoms with E-state index in [1.54, 1.807) is 6.07 Å². The smallest absolute Gasteiger partial charge is 0.199 e. The van der Waals surface area contributed by atoms with Crippen LogP contribution in [0.2, 0.25) is 0 Å². The summed E-state index contributed by atoms with van der Waals surface area (Å²) < 4.78 is 1.23. The molecule has 0 aliphatic rings. The van der Waals surface area contributed by atoms with E-state index >= 15 is 0 Å². The largest absolute Gasteiger partial charge is 0.494 e. The number of pyridine rings is 1. The Morgan fingerprint density at radius 1 is 1.24 bits per heavy atom. The van der Waals surface area contributed by atoms with Crippen molar-refractivity contribution in [2.24, 2.45) is 0 Å². The molecule has 0 radical (unpaired) electrons. The van der Waals surface area contributed by atoms with Gasteiger partial charge in [0.05, 0.1) is 21.4 Å². The van der Waals surface area contributed by atoms with Crippen molar-refractivity contribution >= 4 is 48.5 Å². The zero-order valence-corrected chi connectivity index (χ0v) is 13.7. The lowest BCUT2D eigenvalue weighted by Gasteiger charge is -2.04. The number of aromatic nitrogens is 2. The normalized spacial score (nSPS) is 11.0. The van der Waals surface area contributed by atoms with Crippen LogP contribution in [0.1, 0.15) is 11.3 Å². The molecule has 0 amide bonds. The number of nitrogens with one attached hydrogen (secondary N) is 3. The molecule has 21 heavy (non-hydrogen) atoms. The quantitative estimate of drug-likeness (QED) is 0.486. The Balaban J connectivity index is 2.21. The maximum atomic E-state index is 11.7. The number of benzene rings is 1. The monoisotopic (exact) mass is 409 g/mol. The van der Waals surface area contributed by atoms with Crippen LogP contribution in [0.3, 0.4) is 0 Å². The van der Waals surface area contributed by atoms with E-state index in [1.807, 2.05) is 12.1 Å². The number of aromatic amines is 2.